The number of carbonyl (C=O) groups excluding carboxylic acids is 2. The number of carbonyl (C=O) groups is 2. The zero-order chi connectivity index (χ0) is 22.3. The lowest BCUT2D eigenvalue weighted by Crippen LogP contribution is -2.27. The minimum atomic E-state index is -0.302. The van der Waals surface area contributed by atoms with Gasteiger partial charge in [-0.25, -0.2) is 0 Å². The van der Waals surface area contributed by atoms with Gasteiger partial charge in [0.25, 0.3) is 11.1 Å². The summed E-state index contributed by atoms with van der Waals surface area (Å²) in [7, 11) is 0. The zero-order valence-corrected chi connectivity index (χ0v) is 19.7. The lowest BCUT2D eigenvalue weighted by molar-refractivity contribution is -0.123. The Morgan fingerprint density at radius 2 is 1.65 bits per heavy atom. The van der Waals surface area contributed by atoms with E-state index in [1.165, 1.54) is 4.90 Å². The first-order valence-corrected chi connectivity index (χ1v) is 11.3. The Morgan fingerprint density at radius 3 is 2.32 bits per heavy atom. The van der Waals surface area contributed by atoms with Crippen molar-refractivity contribution in [3.63, 3.8) is 0 Å². The summed E-state index contributed by atoms with van der Waals surface area (Å²) in [6.07, 6.45) is 1.77. The Morgan fingerprint density at radius 1 is 0.935 bits per heavy atom. The highest BCUT2D eigenvalue weighted by Gasteiger charge is 2.35. The molecule has 8 heteroatoms. The molecular formula is C23H17Cl3N2O2S. The molecule has 0 saturated carbocycles. The van der Waals surface area contributed by atoms with Gasteiger partial charge >= 0.3 is 0 Å². The summed E-state index contributed by atoms with van der Waals surface area (Å²) in [5.74, 6) is -0.302. The van der Waals surface area contributed by atoms with Crippen molar-refractivity contribution in [2.24, 2.45) is 0 Å². The fourth-order valence-electron chi connectivity index (χ4n) is 3.51. The van der Waals surface area contributed by atoms with Crippen molar-refractivity contribution in [2.45, 2.75) is 20.4 Å². The summed E-state index contributed by atoms with van der Waals surface area (Å²) >= 11 is 19.1. The molecule has 1 aromatic heterocycles. The quantitative estimate of drug-likeness (QED) is 0.360. The number of amides is 2. The number of hydrogen-bond donors (Lipinski definition) is 0. The van der Waals surface area contributed by atoms with E-state index in [0.717, 1.165) is 40.0 Å². The van der Waals surface area contributed by atoms with Crippen LogP contribution in [0.25, 0.3) is 11.8 Å². The molecule has 1 aliphatic rings. The summed E-state index contributed by atoms with van der Waals surface area (Å²) in [6, 6.07) is 14.5. The van der Waals surface area contributed by atoms with Gasteiger partial charge in [0.15, 0.2) is 0 Å². The van der Waals surface area contributed by atoms with E-state index in [-0.39, 0.29) is 17.7 Å². The zero-order valence-electron chi connectivity index (χ0n) is 16.7. The van der Waals surface area contributed by atoms with E-state index in [0.29, 0.717) is 20.0 Å². The van der Waals surface area contributed by atoms with Crippen LogP contribution in [-0.2, 0) is 11.3 Å². The van der Waals surface area contributed by atoms with Gasteiger partial charge in [0, 0.05) is 22.1 Å². The number of benzene rings is 2. The first-order valence-electron chi connectivity index (χ1n) is 9.39. The Labute approximate surface area is 199 Å². The van der Waals surface area contributed by atoms with Crippen LogP contribution in [0, 0.1) is 13.8 Å². The highest BCUT2D eigenvalue weighted by molar-refractivity contribution is 8.18. The molecule has 0 N–H and O–H groups in total. The summed E-state index contributed by atoms with van der Waals surface area (Å²) in [5.41, 5.74) is 4.48. The number of rotatable bonds is 4. The standard InChI is InChI=1S/C23H17Cl3N2O2S/c1-13-9-16(14(2)28(13)18-7-8-19(25)20(26)11-18)10-21-22(29)27(23(30)31-21)12-15-3-5-17(24)6-4-15/h3-11H,12H2,1-2H3/b21-10-. The molecule has 1 fully saturated rings. The van der Waals surface area contributed by atoms with Crippen LogP contribution in [0.2, 0.25) is 15.1 Å². The molecule has 0 bridgehead atoms. The van der Waals surface area contributed by atoms with Crippen LogP contribution in [0.4, 0.5) is 4.79 Å². The largest absolute Gasteiger partial charge is 0.318 e. The number of aryl methyl sites for hydroxylation is 1. The second-order valence-electron chi connectivity index (χ2n) is 7.15. The predicted octanol–water partition coefficient (Wildman–Crippen LogP) is 7.29. The number of nitrogens with zero attached hydrogens (tertiary/aromatic N) is 2. The second-order valence-corrected chi connectivity index (χ2v) is 9.40. The van der Waals surface area contributed by atoms with Crippen molar-refractivity contribution in [1.82, 2.24) is 9.47 Å². The third-order valence-electron chi connectivity index (χ3n) is 5.05. The average Bonchev–Trinajstić information content (AvgIpc) is 3.15. The Balaban J connectivity index is 1.63. The molecule has 0 aliphatic carbocycles. The SMILES string of the molecule is Cc1cc(/C=C2\SC(=O)N(Cc3ccc(Cl)cc3)C2=O)c(C)n1-c1ccc(Cl)c(Cl)c1. The fourth-order valence-corrected chi connectivity index (χ4v) is 4.75. The van der Waals surface area contributed by atoms with Crippen molar-refractivity contribution in [3.05, 3.63) is 91.0 Å². The molecule has 2 amide bonds. The molecule has 4 nitrogen and oxygen atoms in total. The van der Waals surface area contributed by atoms with Crippen molar-refractivity contribution in [2.75, 3.05) is 0 Å². The maximum atomic E-state index is 12.9. The molecule has 1 aliphatic heterocycles. The molecule has 0 atom stereocenters. The molecule has 0 unspecified atom stereocenters. The lowest BCUT2D eigenvalue weighted by atomic mass is 10.2. The molecule has 1 saturated heterocycles. The van der Waals surface area contributed by atoms with E-state index in [1.807, 2.05) is 30.5 Å². The number of halogens is 3. The van der Waals surface area contributed by atoms with Gasteiger partial charge in [0.2, 0.25) is 0 Å². The van der Waals surface area contributed by atoms with Crippen molar-refractivity contribution >= 4 is 63.8 Å². The van der Waals surface area contributed by atoms with Crippen LogP contribution >= 0.6 is 46.6 Å². The van der Waals surface area contributed by atoms with Crippen LogP contribution in [0.1, 0.15) is 22.5 Å². The minimum absolute atomic E-state index is 0.210. The van der Waals surface area contributed by atoms with E-state index in [4.69, 9.17) is 34.8 Å². The molecule has 2 aromatic carbocycles. The van der Waals surface area contributed by atoms with Gasteiger partial charge in [-0.1, -0.05) is 46.9 Å². The van der Waals surface area contributed by atoms with E-state index in [2.05, 4.69) is 0 Å². The summed E-state index contributed by atoms with van der Waals surface area (Å²) in [6.45, 7) is 4.14. The molecule has 4 rings (SSSR count). The van der Waals surface area contributed by atoms with Gasteiger partial charge in [-0.3, -0.25) is 14.5 Å². The van der Waals surface area contributed by atoms with E-state index >= 15 is 0 Å². The summed E-state index contributed by atoms with van der Waals surface area (Å²) in [5, 5.41) is 1.28. The molecular weight excluding hydrogens is 475 g/mol. The predicted molar refractivity (Wildman–Crippen MR) is 128 cm³/mol. The number of hydrogen-bond acceptors (Lipinski definition) is 3. The first kappa shape index (κ1) is 22.0. The molecule has 2 heterocycles. The lowest BCUT2D eigenvalue weighted by Gasteiger charge is -2.12. The normalized spacial score (nSPS) is 15.4. The smallest absolute Gasteiger partial charge is 0.293 e. The third kappa shape index (κ3) is 4.41. The number of thioether (sulfide) groups is 1. The van der Waals surface area contributed by atoms with Crippen molar-refractivity contribution < 1.29 is 9.59 Å². The molecule has 0 radical (unpaired) electrons. The van der Waals surface area contributed by atoms with Crippen LogP contribution in [0.15, 0.2) is 53.4 Å². The monoisotopic (exact) mass is 490 g/mol. The highest BCUT2D eigenvalue weighted by atomic mass is 35.5. The van der Waals surface area contributed by atoms with Gasteiger partial charge in [-0.15, -0.1) is 0 Å². The van der Waals surface area contributed by atoms with E-state index in [9.17, 15) is 9.59 Å². The van der Waals surface area contributed by atoms with Crippen LogP contribution in [0.3, 0.4) is 0 Å². The highest BCUT2D eigenvalue weighted by Crippen LogP contribution is 2.35. The molecule has 3 aromatic rings. The maximum Gasteiger partial charge on any atom is 0.293 e. The van der Waals surface area contributed by atoms with E-state index in [1.54, 1.807) is 42.5 Å². The minimum Gasteiger partial charge on any atom is -0.318 e. The Hall–Kier alpha value is -2.18. The van der Waals surface area contributed by atoms with E-state index < -0.39 is 0 Å². The molecule has 158 valence electrons. The fraction of sp³-hybridized carbons (Fsp3) is 0.130. The van der Waals surface area contributed by atoms with Gasteiger partial charge in [-0.05, 0) is 79.2 Å². The number of aromatic nitrogens is 1. The van der Waals surface area contributed by atoms with Crippen LogP contribution in [0.5, 0.6) is 0 Å². The average molecular weight is 492 g/mol. The topological polar surface area (TPSA) is 42.3 Å². The van der Waals surface area contributed by atoms with Crippen molar-refractivity contribution in [3.8, 4) is 5.69 Å². The Kier molecular flexibility index (Phi) is 6.22. The van der Waals surface area contributed by atoms with Crippen molar-refractivity contribution in [1.29, 1.82) is 0 Å². The third-order valence-corrected chi connectivity index (χ3v) is 6.94. The van der Waals surface area contributed by atoms with Crippen LogP contribution in [-0.4, -0.2) is 20.6 Å². The first-order chi connectivity index (χ1) is 14.7. The molecule has 0 spiro atoms. The van der Waals surface area contributed by atoms with Gasteiger partial charge < -0.3 is 4.57 Å². The maximum absolute atomic E-state index is 12.9. The molecule has 31 heavy (non-hydrogen) atoms. The van der Waals surface area contributed by atoms with Gasteiger partial charge in [0.1, 0.15) is 0 Å². The second kappa shape index (κ2) is 8.75. The van der Waals surface area contributed by atoms with Gasteiger partial charge in [-0.2, -0.15) is 0 Å². The summed E-state index contributed by atoms with van der Waals surface area (Å²) < 4.78 is 2.03. The Bertz CT molecular complexity index is 1230. The van der Waals surface area contributed by atoms with Gasteiger partial charge in [0.05, 0.1) is 21.5 Å². The van der Waals surface area contributed by atoms with Crippen LogP contribution < -0.4 is 0 Å². The number of imide groups is 1. The summed E-state index contributed by atoms with van der Waals surface area (Å²) in [4.78, 5) is 27.0.